The summed E-state index contributed by atoms with van der Waals surface area (Å²) in [6.45, 7) is 2.80. The highest BCUT2D eigenvalue weighted by Crippen LogP contribution is 2.22. The Bertz CT molecular complexity index is 586. The van der Waals surface area contributed by atoms with Crippen LogP contribution < -0.4 is 10.6 Å². The Kier molecular flexibility index (Phi) is 4.79. The van der Waals surface area contributed by atoms with E-state index >= 15 is 0 Å². The van der Waals surface area contributed by atoms with E-state index in [1.54, 1.807) is 12.4 Å². The third-order valence-corrected chi connectivity index (χ3v) is 3.45. The summed E-state index contributed by atoms with van der Waals surface area (Å²) >= 11 is 6.19. The molecule has 0 atom stereocenters. The van der Waals surface area contributed by atoms with Gasteiger partial charge in [-0.15, -0.1) is 0 Å². The van der Waals surface area contributed by atoms with Crippen molar-refractivity contribution in [1.29, 1.82) is 0 Å². The second kappa shape index (κ2) is 6.57. The van der Waals surface area contributed by atoms with E-state index in [0.29, 0.717) is 17.3 Å². The summed E-state index contributed by atoms with van der Waals surface area (Å²) in [4.78, 5) is 10.6. The van der Waals surface area contributed by atoms with E-state index in [1.807, 2.05) is 30.1 Å². The molecule has 4 nitrogen and oxygen atoms in total. The lowest BCUT2D eigenvalue weighted by atomic mass is 10.2. The number of nitrogens with two attached hydrogens (primary N) is 1. The zero-order valence-corrected chi connectivity index (χ0v) is 12.6. The fraction of sp³-hybridized carbons (Fsp3) is 0.333. The number of nitrogens with zero attached hydrogens (tertiary/aromatic N) is 3. The highest BCUT2D eigenvalue weighted by molar-refractivity contribution is 6.31. The maximum absolute atomic E-state index is 6.19. The zero-order valence-electron chi connectivity index (χ0n) is 11.8. The summed E-state index contributed by atoms with van der Waals surface area (Å²) in [5, 5.41) is 0.717. The number of aryl methyl sites for hydroxylation is 1. The fourth-order valence-corrected chi connectivity index (χ4v) is 2.22. The highest BCUT2D eigenvalue weighted by atomic mass is 35.5. The van der Waals surface area contributed by atoms with Gasteiger partial charge >= 0.3 is 0 Å². The summed E-state index contributed by atoms with van der Waals surface area (Å²) in [6.07, 6.45) is 3.64. The van der Waals surface area contributed by atoms with E-state index in [1.165, 1.54) is 0 Å². The molecule has 0 saturated heterocycles. The van der Waals surface area contributed by atoms with Crippen LogP contribution in [0.15, 0.2) is 30.6 Å². The molecule has 0 radical (unpaired) electrons. The number of aromatic nitrogens is 2. The third-order valence-electron chi connectivity index (χ3n) is 3.08. The minimum absolute atomic E-state index is 0.659. The molecule has 0 aliphatic rings. The molecule has 0 spiro atoms. The van der Waals surface area contributed by atoms with E-state index in [4.69, 9.17) is 17.3 Å². The van der Waals surface area contributed by atoms with Crippen molar-refractivity contribution in [3.05, 3.63) is 46.9 Å². The molecular weight excluding hydrogens is 272 g/mol. The SMILES string of the molecule is CCCc1cc(N(C)Cc2cc(N)ccc2Cl)ncn1. The molecule has 2 aromatic rings. The molecule has 0 aliphatic carbocycles. The van der Waals surface area contributed by atoms with Gasteiger partial charge in [-0.25, -0.2) is 9.97 Å². The molecular formula is C15H19ClN4. The number of hydrogen-bond acceptors (Lipinski definition) is 4. The van der Waals surface area contributed by atoms with Crippen molar-refractivity contribution >= 4 is 23.1 Å². The van der Waals surface area contributed by atoms with Crippen LogP contribution >= 0.6 is 11.6 Å². The van der Waals surface area contributed by atoms with E-state index in [0.717, 1.165) is 29.9 Å². The lowest BCUT2D eigenvalue weighted by molar-refractivity contribution is 0.847. The summed E-state index contributed by atoms with van der Waals surface area (Å²) in [6, 6.07) is 7.54. The van der Waals surface area contributed by atoms with Crippen molar-refractivity contribution in [2.75, 3.05) is 17.7 Å². The summed E-state index contributed by atoms with van der Waals surface area (Å²) in [5.41, 5.74) is 8.57. The normalized spacial score (nSPS) is 10.6. The van der Waals surface area contributed by atoms with Gasteiger partial charge in [-0.3, -0.25) is 0 Å². The maximum atomic E-state index is 6.19. The zero-order chi connectivity index (χ0) is 14.5. The molecule has 20 heavy (non-hydrogen) atoms. The largest absolute Gasteiger partial charge is 0.399 e. The van der Waals surface area contributed by atoms with Crippen LogP contribution in [0, 0.1) is 0 Å². The van der Waals surface area contributed by atoms with Gasteiger partial charge in [0.2, 0.25) is 0 Å². The molecule has 2 N–H and O–H groups in total. The van der Waals surface area contributed by atoms with Crippen LogP contribution in [-0.2, 0) is 13.0 Å². The third kappa shape index (κ3) is 3.61. The van der Waals surface area contributed by atoms with Gasteiger partial charge in [0.25, 0.3) is 0 Å². The Hall–Kier alpha value is -1.81. The van der Waals surface area contributed by atoms with Gasteiger partial charge in [0, 0.05) is 36.1 Å². The van der Waals surface area contributed by atoms with Gasteiger partial charge in [0.15, 0.2) is 0 Å². The first-order valence-electron chi connectivity index (χ1n) is 6.66. The fourth-order valence-electron chi connectivity index (χ4n) is 2.04. The Balaban J connectivity index is 2.17. The number of rotatable bonds is 5. The second-order valence-electron chi connectivity index (χ2n) is 4.82. The number of halogens is 1. The van der Waals surface area contributed by atoms with E-state index in [9.17, 15) is 0 Å². The Labute approximate surface area is 124 Å². The maximum Gasteiger partial charge on any atom is 0.132 e. The van der Waals surface area contributed by atoms with Gasteiger partial charge in [-0.1, -0.05) is 24.9 Å². The van der Waals surface area contributed by atoms with Crippen LogP contribution in [0.4, 0.5) is 11.5 Å². The molecule has 0 aliphatic heterocycles. The van der Waals surface area contributed by atoms with Crippen molar-refractivity contribution in [1.82, 2.24) is 9.97 Å². The second-order valence-corrected chi connectivity index (χ2v) is 5.23. The first-order chi connectivity index (χ1) is 9.60. The lowest BCUT2D eigenvalue weighted by Crippen LogP contribution is -2.18. The van der Waals surface area contributed by atoms with Crippen molar-refractivity contribution in [3.8, 4) is 0 Å². The standard InChI is InChI=1S/C15H19ClN4/c1-3-4-13-8-15(19-10-18-13)20(2)9-11-7-12(17)5-6-14(11)16/h5-8,10H,3-4,9,17H2,1-2H3. The van der Waals surface area contributed by atoms with Crippen LogP contribution in [0.5, 0.6) is 0 Å². The minimum Gasteiger partial charge on any atom is -0.399 e. The quantitative estimate of drug-likeness (QED) is 0.859. The predicted octanol–water partition coefficient (Wildman–Crippen LogP) is 3.30. The van der Waals surface area contributed by atoms with Crippen LogP contribution in [0.3, 0.4) is 0 Å². The molecule has 1 heterocycles. The van der Waals surface area contributed by atoms with E-state index < -0.39 is 0 Å². The Morgan fingerprint density at radius 3 is 2.80 bits per heavy atom. The number of benzene rings is 1. The molecule has 5 heteroatoms. The molecule has 106 valence electrons. The monoisotopic (exact) mass is 290 g/mol. The predicted molar refractivity (Wildman–Crippen MR) is 84.0 cm³/mol. The van der Waals surface area contributed by atoms with Crippen molar-refractivity contribution in [2.45, 2.75) is 26.3 Å². The smallest absolute Gasteiger partial charge is 0.132 e. The van der Waals surface area contributed by atoms with Crippen LogP contribution in [-0.4, -0.2) is 17.0 Å². The summed E-state index contributed by atoms with van der Waals surface area (Å²) in [7, 11) is 1.98. The van der Waals surface area contributed by atoms with Gasteiger partial charge in [-0.05, 0) is 30.2 Å². The lowest BCUT2D eigenvalue weighted by Gasteiger charge is -2.19. The van der Waals surface area contributed by atoms with Crippen LogP contribution in [0.25, 0.3) is 0 Å². The summed E-state index contributed by atoms with van der Waals surface area (Å²) < 4.78 is 0. The molecule has 0 fully saturated rings. The Morgan fingerprint density at radius 2 is 2.05 bits per heavy atom. The minimum atomic E-state index is 0.659. The van der Waals surface area contributed by atoms with Gasteiger partial charge in [-0.2, -0.15) is 0 Å². The van der Waals surface area contributed by atoms with E-state index in [-0.39, 0.29) is 0 Å². The topological polar surface area (TPSA) is 55.0 Å². The highest BCUT2D eigenvalue weighted by Gasteiger charge is 2.08. The number of hydrogen-bond donors (Lipinski definition) is 1. The van der Waals surface area contributed by atoms with Crippen LogP contribution in [0.1, 0.15) is 24.6 Å². The van der Waals surface area contributed by atoms with Gasteiger partial charge in [0.1, 0.15) is 12.1 Å². The average Bonchev–Trinajstić information content (AvgIpc) is 2.43. The molecule has 0 amide bonds. The molecule has 1 aromatic carbocycles. The van der Waals surface area contributed by atoms with Gasteiger partial charge < -0.3 is 10.6 Å². The molecule has 0 bridgehead atoms. The first-order valence-corrected chi connectivity index (χ1v) is 7.04. The van der Waals surface area contributed by atoms with Gasteiger partial charge in [0.05, 0.1) is 0 Å². The first kappa shape index (κ1) is 14.6. The summed E-state index contributed by atoms with van der Waals surface area (Å²) in [5.74, 6) is 0.891. The number of anilines is 2. The Morgan fingerprint density at radius 1 is 1.25 bits per heavy atom. The average molecular weight is 291 g/mol. The van der Waals surface area contributed by atoms with Crippen molar-refractivity contribution in [3.63, 3.8) is 0 Å². The molecule has 1 aromatic heterocycles. The van der Waals surface area contributed by atoms with E-state index in [2.05, 4.69) is 16.9 Å². The number of nitrogen functional groups attached to an aromatic ring is 1. The van der Waals surface area contributed by atoms with Crippen molar-refractivity contribution in [2.24, 2.45) is 0 Å². The van der Waals surface area contributed by atoms with Crippen LogP contribution in [0.2, 0.25) is 5.02 Å². The molecule has 0 saturated carbocycles. The molecule has 0 unspecified atom stereocenters. The molecule has 2 rings (SSSR count). The van der Waals surface area contributed by atoms with Crippen molar-refractivity contribution < 1.29 is 0 Å².